The summed E-state index contributed by atoms with van der Waals surface area (Å²) in [7, 11) is 1.94. The molecule has 3 heterocycles. The molecule has 0 aliphatic carbocycles. The molecule has 120 valence electrons. The number of fused-ring (bicyclic) bond motifs is 1. The average Bonchev–Trinajstić information content (AvgIpc) is 3.05. The van der Waals surface area contributed by atoms with E-state index >= 15 is 0 Å². The lowest BCUT2D eigenvalue weighted by molar-refractivity contribution is -0.0415. The van der Waals surface area contributed by atoms with Crippen LogP contribution in [-0.4, -0.2) is 68.1 Å². The number of ether oxygens (including phenoxy) is 1. The van der Waals surface area contributed by atoms with Crippen LogP contribution in [0.4, 0.5) is 5.82 Å². The first-order chi connectivity index (χ1) is 10.5. The van der Waals surface area contributed by atoms with Gasteiger partial charge in [0.15, 0.2) is 6.23 Å². The van der Waals surface area contributed by atoms with Crippen molar-refractivity contribution in [2.75, 3.05) is 25.9 Å². The lowest BCUT2D eigenvalue weighted by atomic mass is 10.1. The van der Waals surface area contributed by atoms with E-state index in [0.29, 0.717) is 23.4 Å². The van der Waals surface area contributed by atoms with Gasteiger partial charge in [0.1, 0.15) is 36.1 Å². The maximum atomic E-state index is 10.3. The molecular weight excluding hydrogens is 286 g/mol. The molecule has 0 spiro atoms. The van der Waals surface area contributed by atoms with Crippen molar-refractivity contribution in [2.24, 2.45) is 0 Å². The number of nitrogen functional groups attached to an aromatic ring is 1. The number of hydrogen-bond acceptors (Lipinski definition) is 7. The third-order valence-electron chi connectivity index (χ3n) is 4.18. The molecule has 1 fully saturated rings. The summed E-state index contributed by atoms with van der Waals surface area (Å²) in [6.45, 7) is 3.40. The Morgan fingerprint density at radius 1 is 1.36 bits per heavy atom. The Morgan fingerprint density at radius 3 is 2.86 bits per heavy atom. The van der Waals surface area contributed by atoms with Crippen LogP contribution in [0.1, 0.15) is 13.2 Å². The van der Waals surface area contributed by atoms with Gasteiger partial charge in [-0.15, -0.1) is 0 Å². The number of aliphatic hydroxyl groups excluding tert-OH is 2. The molecule has 1 saturated heterocycles. The highest BCUT2D eigenvalue weighted by Crippen LogP contribution is 2.32. The van der Waals surface area contributed by atoms with Crippen molar-refractivity contribution in [1.82, 2.24) is 19.4 Å². The predicted molar refractivity (Wildman–Crippen MR) is 81.0 cm³/mol. The van der Waals surface area contributed by atoms with Crippen LogP contribution in [0.25, 0.3) is 11.0 Å². The average molecular weight is 307 g/mol. The van der Waals surface area contributed by atoms with Gasteiger partial charge < -0.3 is 30.2 Å². The predicted octanol–water partition coefficient (Wildman–Crippen LogP) is -0.416. The van der Waals surface area contributed by atoms with Gasteiger partial charge in [-0.3, -0.25) is 0 Å². The summed E-state index contributed by atoms with van der Waals surface area (Å²) in [6.07, 6.45) is -0.0208. The maximum Gasteiger partial charge on any atom is 0.164 e. The SMILES string of the molecule is CCN(C)C[C@H]1O[C@@H](n2ccc3c(N)ncnc32)[C@H](O)[C@@H]1O. The second-order valence-corrected chi connectivity index (χ2v) is 5.62. The molecule has 8 nitrogen and oxygen atoms in total. The van der Waals surface area contributed by atoms with Gasteiger partial charge in [-0.05, 0) is 19.7 Å². The van der Waals surface area contributed by atoms with Crippen LogP contribution in [0.15, 0.2) is 18.6 Å². The fraction of sp³-hybridized carbons (Fsp3) is 0.571. The van der Waals surface area contributed by atoms with Crippen molar-refractivity contribution < 1.29 is 14.9 Å². The smallest absolute Gasteiger partial charge is 0.164 e. The fourth-order valence-corrected chi connectivity index (χ4v) is 2.74. The number of aromatic nitrogens is 3. The molecule has 1 aliphatic rings. The number of anilines is 1. The van der Waals surface area contributed by atoms with E-state index in [4.69, 9.17) is 10.5 Å². The lowest BCUT2D eigenvalue weighted by Gasteiger charge is -2.21. The molecule has 0 amide bonds. The fourth-order valence-electron chi connectivity index (χ4n) is 2.74. The Morgan fingerprint density at radius 2 is 2.14 bits per heavy atom. The number of aliphatic hydroxyl groups is 2. The Hall–Kier alpha value is -1.74. The van der Waals surface area contributed by atoms with Crippen molar-refractivity contribution in [3.05, 3.63) is 18.6 Å². The molecule has 22 heavy (non-hydrogen) atoms. The molecule has 2 aromatic heterocycles. The van der Waals surface area contributed by atoms with E-state index in [1.165, 1.54) is 6.33 Å². The lowest BCUT2D eigenvalue weighted by Crippen LogP contribution is -2.38. The minimum Gasteiger partial charge on any atom is -0.387 e. The molecular formula is C14H21N5O3. The van der Waals surface area contributed by atoms with Gasteiger partial charge in [0.05, 0.1) is 5.39 Å². The van der Waals surface area contributed by atoms with Crippen LogP contribution >= 0.6 is 0 Å². The van der Waals surface area contributed by atoms with Crippen molar-refractivity contribution >= 4 is 16.9 Å². The normalized spacial score (nSPS) is 28.8. The Labute approximate surface area is 128 Å². The summed E-state index contributed by atoms with van der Waals surface area (Å²) in [4.78, 5) is 10.2. The van der Waals surface area contributed by atoms with Crippen LogP contribution in [0, 0.1) is 0 Å². The Bertz CT molecular complexity index is 661. The Balaban J connectivity index is 1.89. The highest BCUT2D eigenvalue weighted by Gasteiger charge is 2.44. The number of likely N-dealkylation sites (N-methyl/N-ethyl adjacent to an activating group) is 1. The molecule has 0 unspecified atom stereocenters. The zero-order valence-electron chi connectivity index (χ0n) is 12.6. The molecule has 0 saturated carbocycles. The van der Waals surface area contributed by atoms with Gasteiger partial charge in [0.2, 0.25) is 0 Å². The third kappa shape index (κ3) is 2.44. The van der Waals surface area contributed by atoms with Crippen LogP contribution in [-0.2, 0) is 4.74 Å². The van der Waals surface area contributed by atoms with Gasteiger partial charge in [0.25, 0.3) is 0 Å². The van der Waals surface area contributed by atoms with Crippen LogP contribution in [0.2, 0.25) is 0 Å². The number of hydrogen-bond donors (Lipinski definition) is 3. The van der Waals surface area contributed by atoms with Crippen molar-refractivity contribution in [3.63, 3.8) is 0 Å². The van der Waals surface area contributed by atoms with Gasteiger partial charge in [0, 0.05) is 12.7 Å². The van der Waals surface area contributed by atoms with Gasteiger partial charge >= 0.3 is 0 Å². The number of rotatable bonds is 4. The molecule has 0 radical (unpaired) electrons. The molecule has 8 heteroatoms. The van der Waals surface area contributed by atoms with Gasteiger partial charge in [-0.2, -0.15) is 0 Å². The zero-order chi connectivity index (χ0) is 15.9. The molecule has 4 atom stereocenters. The van der Waals surface area contributed by atoms with Gasteiger partial charge in [-0.25, -0.2) is 9.97 Å². The Kier molecular flexibility index (Phi) is 4.00. The highest BCUT2D eigenvalue weighted by atomic mass is 16.6. The molecule has 3 rings (SSSR count). The molecule has 2 aromatic rings. The molecule has 1 aliphatic heterocycles. The van der Waals surface area contributed by atoms with E-state index in [2.05, 4.69) is 9.97 Å². The second-order valence-electron chi connectivity index (χ2n) is 5.62. The summed E-state index contributed by atoms with van der Waals surface area (Å²) in [5.74, 6) is 0.374. The second kappa shape index (κ2) is 5.81. The van der Waals surface area contributed by atoms with Crippen molar-refractivity contribution in [3.8, 4) is 0 Å². The first-order valence-electron chi connectivity index (χ1n) is 7.30. The van der Waals surface area contributed by atoms with E-state index in [-0.39, 0.29) is 0 Å². The number of nitrogens with two attached hydrogens (primary N) is 1. The van der Waals surface area contributed by atoms with Gasteiger partial charge in [-0.1, -0.05) is 6.92 Å². The van der Waals surface area contributed by atoms with Crippen LogP contribution < -0.4 is 5.73 Å². The third-order valence-corrected chi connectivity index (χ3v) is 4.18. The minimum atomic E-state index is -1.03. The zero-order valence-corrected chi connectivity index (χ0v) is 12.6. The number of nitrogens with zero attached hydrogens (tertiary/aromatic N) is 4. The summed E-state index contributed by atoms with van der Waals surface area (Å²) in [5.41, 5.74) is 6.39. The van der Waals surface area contributed by atoms with Crippen molar-refractivity contribution in [1.29, 1.82) is 0 Å². The molecule has 0 aromatic carbocycles. The first kappa shape index (κ1) is 15.2. The largest absolute Gasteiger partial charge is 0.387 e. The molecule has 0 bridgehead atoms. The van der Waals surface area contributed by atoms with E-state index in [0.717, 1.165) is 6.54 Å². The van der Waals surface area contributed by atoms with Crippen LogP contribution in [0.5, 0.6) is 0 Å². The summed E-state index contributed by atoms with van der Waals surface area (Å²) in [5, 5.41) is 21.2. The molecule has 4 N–H and O–H groups in total. The summed E-state index contributed by atoms with van der Waals surface area (Å²) < 4.78 is 7.56. The minimum absolute atomic E-state index is 0.374. The monoisotopic (exact) mass is 307 g/mol. The van der Waals surface area contributed by atoms with E-state index in [9.17, 15) is 10.2 Å². The van der Waals surface area contributed by atoms with Crippen LogP contribution in [0.3, 0.4) is 0 Å². The standard InChI is InChI=1S/C14H21N5O3/c1-3-18(2)6-9-10(20)11(21)14(22-9)19-5-4-8-12(15)16-7-17-13(8)19/h4-5,7,9-11,14,20-21H,3,6H2,1-2H3,(H2,15,16,17)/t9-,10-,11-,14-/m1/s1. The summed E-state index contributed by atoms with van der Waals surface area (Å²) in [6, 6.07) is 1.78. The highest BCUT2D eigenvalue weighted by molar-refractivity contribution is 5.86. The van der Waals surface area contributed by atoms with E-state index < -0.39 is 24.5 Å². The first-order valence-corrected chi connectivity index (χ1v) is 7.30. The van der Waals surface area contributed by atoms with Crippen molar-refractivity contribution in [2.45, 2.75) is 31.5 Å². The summed E-state index contributed by atoms with van der Waals surface area (Å²) >= 11 is 0. The van der Waals surface area contributed by atoms with E-state index in [1.54, 1.807) is 16.8 Å². The quantitative estimate of drug-likeness (QED) is 0.704. The van der Waals surface area contributed by atoms with E-state index in [1.807, 2.05) is 18.9 Å². The topological polar surface area (TPSA) is 110 Å². The maximum absolute atomic E-state index is 10.3.